The molecule has 0 amide bonds. The summed E-state index contributed by atoms with van der Waals surface area (Å²) in [5, 5.41) is 14.0. The number of aromatic nitrogens is 4. The second-order valence-corrected chi connectivity index (χ2v) is 2.11. The van der Waals surface area contributed by atoms with Gasteiger partial charge in [0.25, 0.3) is 5.69 Å². The molecular weight excluding hydrogens is 183 g/mol. The smallest absolute Gasteiger partial charge is 0.605 e. The van der Waals surface area contributed by atoms with Crippen molar-refractivity contribution in [3.8, 4) is 0 Å². The predicted octanol–water partition coefficient (Wildman–Crippen LogP) is -4.42. The summed E-state index contributed by atoms with van der Waals surface area (Å²) >= 11 is 0. The van der Waals surface area contributed by atoms with Crippen LogP contribution < -0.4 is 45.1 Å². The number of hydrogen-bond donors (Lipinski definition) is 0. The van der Waals surface area contributed by atoms with Gasteiger partial charge >= 0.3 is 29.6 Å². The van der Waals surface area contributed by atoms with Crippen LogP contribution in [-0.2, 0) is 0 Å². The number of nitrogens with zero attached hydrogens (tertiary/aromatic N) is 4. The molecule has 0 radical (unpaired) electrons. The molecule has 6 nitrogen and oxygen atoms in total. The third-order valence-electron chi connectivity index (χ3n) is 1.35. The third-order valence-corrected chi connectivity index (χ3v) is 1.35. The molecular formula is C6H3N4NaO2. The van der Waals surface area contributed by atoms with E-state index in [9.17, 15) is 10.0 Å². The molecule has 0 aliphatic carbocycles. The van der Waals surface area contributed by atoms with Gasteiger partial charge in [-0.15, -0.1) is 4.85 Å². The van der Waals surface area contributed by atoms with Crippen molar-refractivity contribution < 1.29 is 34.4 Å². The van der Waals surface area contributed by atoms with Crippen molar-refractivity contribution in [3.63, 3.8) is 0 Å². The van der Waals surface area contributed by atoms with E-state index >= 15 is 0 Å². The first-order valence-corrected chi connectivity index (χ1v) is 3.17. The minimum atomic E-state index is -0.823. The van der Waals surface area contributed by atoms with E-state index in [2.05, 4.69) is 15.1 Å². The van der Waals surface area contributed by atoms with Crippen LogP contribution in [0.4, 0.5) is 0 Å². The van der Waals surface area contributed by atoms with Crippen LogP contribution in [0, 0.1) is 5.21 Å². The molecule has 60 valence electrons. The van der Waals surface area contributed by atoms with Gasteiger partial charge in [0.05, 0.1) is 5.65 Å². The Labute approximate surface area is 94.5 Å². The molecule has 0 aliphatic heterocycles. The van der Waals surface area contributed by atoms with Crippen LogP contribution >= 0.6 is 0 Å². The zero-order valence-corrected chi connectivity index (χ0v) is 8.84. The van der Waals surface area contributed by atoms with E-state index in [1.807, 2.05) is 0 Å². The quantitative estimate of drug-likeness (QED) is 0.235. The summed E-state index contributed by atoms with van der Waals surface area (Å²) in [6, 6.07) is 3.07. The zero-order chi connectivity index (χ0) is 8.55. The van der Waals surface area contributed by atoms with Crippen LogP contribution in [0.5, 0.6) is 0 Å². The molecule has 0 unspecified atom stereocenters. The Morgan fingerprint density at radius 3 is 3.08 bits per heavy atom. The van der Waals surface area contributed by atoms with E-state index in [1.165, 1.54) is 12.3 Å². The Morgan fingerprint density at radius 1 is 1.54 bits per heavy atom. The minimum Gasteiger partial charge on any atom is -0.605 e. The fourth-order valence-electron chi connectivity index (χ4n) is 0.868. The van der Waals surface area contributed by atoms with Crippen molar-refractivity contribution in [2.24, 2.45) is 0 Å². The number of rotatable bonds is 0. The van der Waals surface area contributed by atoms with Gasteiger partial charge in [0, 0.05) is 6.07 Å². The van der Waals surface area contributed by atoms with Gasteiger partial charge in [0.2, 0.25) is 5.52 Å². The van der Waals surface area contributed by atoms with E-state index in [1.54, 1.807) is 6.07 Å². The Morgan fingerprint density at radius 2 is 2.31 bits per heavy atom. The SMILES string of the molecule is O=c1n[n+]([O-])c2cccnc2[n-]1.[Na+]. The van der Waals surface area contributed by atoms with Crippen LogP contribution in [-0.4, -0.2) is 10.1 Å². The molecule has 0 aliphatic rings. The van der Waals surface area contributed by atoms with Crippen molar-refractivity contribution in [2.45, 2.75) is 0 Å². The Kier molecular flexibility index (Phi) is 2.97. The average molecular weight is 186 g/mol. The van der Waals surface area contributed by atoms with Crippen molar-refractivity contribution in [1.29, 1.82) is 0 Å². The monoisotopic (exact) mass is 186 g/mol. The van der Waals surface area contributed by atoms with Gasteiger partial charge in [0.1, 0.15) is 0 Å². The van der Waals surface area contributed by atoms with Crippen LogP contribution in [0.1, 0.15) is 0 Å². The van der Waals surface area contributed by atoms with Crippen LogP contribution in [0.2, 0.25) is 0 Å². The van der Waals surface area contributed by atoms with Crippen molar-refractivity contribution in [1.82, 2.24) is 15.1 Å². The molecule has 2 aromatic heterocycles. The largest absolute Gasteiger partial charge is 1.00 e. The van der Waals surface area contributed by atoms with Crippen LogP contribution in [0.15, 0.2) is 23.1 Å². The summed E-state index contributed by atoms with van der Waals surface area (Å²) in [7, 11) is 0. The van der Waals surface area contributed by atoms with Crippen LogP contribution in [0.3, 0.4) is 0 Å². The molecule has 0 N–H and O–H groups in total. The van der Waals surface area contributed by atoms with Crippen molar-refractivity contribution >= 4 is 11.2 Å². The van der Waals surface area contributed by atoms with E-state index in [4.69, 9.17) is 0 Å². The first kappa shape index (κ1) is 10.1. The zero-order valence-electron chi connectivity index (χ0n) is 6.84. The first-order valence-electron chi connectivity index (χ1n) is 3.17. The van der Waals surface area contributed by atoms with E-state index < -0.39 is 5.69 Å². The molecule has 0 spiro atoms. The maximum atomic E-state index is 10.9. The second kappa shape index (κ2) is 3.82. The summed E-state index contributed by atoms with van der Waals surface area (Å²) in [6.45, 7) is 0. The molecule has 0 fully saturated rings. The van der Waals surface area contributed by atoms with Gasteiger partial charge in [-0.3, -0.25) is 4.79 Å². The molecule has 0 atom stereocenters. The molecule has 0 aromatic carbocycles. The first-order chi connectivity index (χ1) is 5.77. The summed E-state index contributed by atoms with van der Waals surface area (Å²) in [4.78, 5) is 18.0. The maximum Gasteiger partial charge on any atom is 1.00 e. The standard InChI is InChI=1S/C6H4N4O2.Na/c11-6-8-5-4(10(12)9-6)2-1-3-7-5;/h1-3H,(H,7,8,9,11);/q;+1/p-1. The molecule has 2 aromatic rings. The Bertz CT molecular complexity index is 483. The summed E-state index contributed by atoms with van der Waals surface area (Å²) in [5.74, 6) is 0. The molecule has 2 heterocycles. The van der Waals surface area contributed by atoms with Gasteiger partial charge < -0.3 is 15.2 Å². The molecule has 0 saturated heterocycles. The Balaban J connectivity index is 0.000000845. The van der Waals surface area contributed by atoms with E-state index in [-0.39, 0.29) is 45.6 Å². The molecule has 7 heteroatoms. The second-order valence-electron chi connectivity index (χ2n) is 2.11. The topological polar surface area (TPSA) is 83.9 Å². The number of pyridine rings is 1. The van der Waals surface area contributed by atoms with Gasteiger partial charge in [0.15, 0.2) is 0 Å². The Hall–Kier alpha value is -0.980. The van der Waals surface area contributed by atoms with Crippen molar-refractivity contribution in [2.75, 3.05) is 0 Å². The van der Waals surface area contributed by atoms with Crippen LogP contribution in [0.25, 0.3) is 11.2 Å². The predicted molar refractivity (Wildman–Crippen MR) is 38.1 cm³/mol. The minimum absolute atomic E-state index is 0. The van der Waals surface area contributed by atoms with Crippen molar-refractivity contribution in [3.05, 3.63) is 34.0 Å². The molecule has 0 saturated carbocycles. The fraction of sp³-hybridized carbons (Fsp3) is 0. The van der Waals surface area contributed by atoms with E-state index in [0.717, 1.165) is 0 Å². The van der Waals surface area contributed by atoms with Gasteiger partial charge in [-0.05, 0) is 6.20 Å². The van der Waals surface area contributed by atoms with Gasteiger partial charge in [-0.25, -0.2) is 0 Å². The normalized spacial score (nSPS) is 9.54. The molecule has 2 rings (SSSR count). The number of fused-ring (bicyclic) bond motifs is 1. The number of hydrogen-bond acceptors (Lipinski definition) is 4. The van der Waals surface area contributed by atoms with Gasteiger partial charge in [-0.1, -0.05) is 11.2 Å². The maximum absolute atomic E-state index is 10.9. The summed E-state index contributed by atoms with van der Waals surface area (Å²) < 4.78 is 0. The average Bonchev–Trinajstić information content (AvgIpc) is 2.04. The summed E-state index contributed by atoms with van der Waals surface area (Å²) in [5.41, 5.74) is -0.513. The molecule has 13 heavy (non-hydrogen) atoms. The van der Waals surface area contributed by atoms with Gasteiger partial charge in [-0.2, -0.15) is 0 Å². The summed E-state index contributed by atoms with van der Waals surface area (Å²) in [6.07, 6.45) is 1.45. The molecule has 0 bridgehead atoms. The van der Waals surface area contributed by atoms with E-state index in [0.29, 0.717) is 0 Å². The fourth-order valence-corrected chi connectivity index (χ4v) is 0.868. The third kappa shape index (κ3) is 1.85.